The lowest BCUT2D eigenvalue weighted by Gasteiger charge is -2.32. The fraction of sp³-hybridized carbons (Fsp3) is 0.292. The summed E-state index contributed by atoms with van der Waals surface area (Å²) in [6.45, 7) is 3.49. The Balaban J connectivity index is 1.36. The Morgan fingerprint density at radius 3 is 3.00 bits per heavy atom. The lowest BCUT2D eigenvalue weighted by Crippen LogP contribution is -2.39. The van der Waals surface area contributed by atoms with Gasteiger partial charge in [-0.1, -0.05) is 12.1 Å². The van der Waals surface area contributed by atoms with Crippen molar-refractivity contribution in [3.8, 4) is 0 Å². The van der Waals surface area contributed by atoms with Gasteiger partial charge in [-0.2, -0.15) is 0 Å². The number of pyridine rings is 2. The summed E-state index contributed by atoms with van der Waals surface area (Å²) in [5.41, 5.74) is 2.84. The molecule has 7 nitrogen and oxygen atoms in total. The van der Waals surface area contributed by atoms with Crippen LogP contribution in [0.4, 0.5) is 11.6 Å². The van der Waals surface area contributed by atoms with E-state index in [0.717, 1.165) is 60.9 Å². The van der Waals surface area contributed by atoms with E-state index in [4.69, 9.17) is 0 Å². The maximum atomic E-state index is 12.6. The molecule has 1 N–H and O–H groups in total. The minimum absolute atomic E-state index is 0.0455. The van der Waals surface area contributed by atoms with Crippen molar-refractivity contribution in [3.63, 3.8) is 0 Å². The predicted octanol–water partition coefficient (Wildman–Crippen LogP) is 3.81. The monoisotopic (exact) mass is 414 g/mol. The van der Waals surface area contributed by atoms with Gasteiger partial charge in [0.2, 0.25) is 5.91 Å². The molecule has 1 amide bonds. The van der Waals surface area contributed by atoms with E-state index >= 15 is 0 Å². The first kappa shape index (κ1) is 20.7. The second kappa shape index (κ2) is 9.93. The number of amides is 1. The first-order valence-electron chi connectivity index (χ1n) is 10.5. The average molecular weight is 415 g/mol. The molecule has 4 rings (SSSR count). The number of hydrogen-bond donors (Lipinski definition) is 1. The van der Waals surface area contributed by atoms with Crippen LogP contribution in [0.5, 0.6) is 0 Å². The number of likely N-dealkylation sites (tertiary alicyclic amines) is 1. The Labute approximate surface area is 182 Å². The van der Waals surface area contributed by atoms with Crippen LogP contribution in [0.1, 0.15) is 29.8 Å². The fourth-order valence-electron chi connectivity index (χ4n) is 3.80. The van der Waals surface area contributed by atoms with E-state index in [0.29, 0.717) is 5.92 Å². The van der Waals surface area contributed by atoms with Gasteiger partial charge in [-0.25, -0.2) is 15.0 Å². The highest BCUT2D eigenvalue weighted by atomic mass is 16.2. The van der Waals surface area contributed by atoms with Gasteiger partial charge in [0.25, 0.3) is 0 Å². The van der Waals surface area contributed by atoms with Crippen LogP contribution in [0.3, 0.4) is 0 Å². The van der Waals surface area contributed by atoms with Crippen molar-refractivity contribution in [1.82, 2.24) is 24.8 Å². The van der Waals surface area contributed by atoms with Crippen LogP contribution in [0, 0.1) is 12.8 Å². The lowest BCUT2D eigenvalue weighted by molar-refractivity contribution is -0.127. The number of carbonyl (C=O) groups excluding carboxylic acids is 1. The van der Waals surface area contributed by atoms with Crippen LogP contribution >= 0.6 is 0 Å². The van der Waals surface area contributed by atoms with Gasteiger partial charge in [-0.15, -0.1) is 0 Å². The number of nitrogens with zero attached hydrogens (tertiary/aromatic N) is 5. The molecule has 1 aliphatic rings. The Bertz CT molecular complexity index is 1050. The van der Waals surface area contributed by atoms with Crippen LogP contribution < -0.4 is 5.32 Å². The van der Waals surface area contributed by atoms with Crippen LogP contribution in [0.15, 0.2) is 61.2 Å². The van der Waals surface area contributed by atoms with Crippen LogP contribution in [-0.4, -0.2) is 43.8 Å². The van der Waals surface area contributed by atoms with Gasteiger partial charge in [0.15, 0.2) is 0 Å². The van der Waals surface area contributed by atoms with Gasteiger partial charge in [-0.05, 0) is 61.9 Å². The van der Waals surface area contributed by atoms with Gasteiger partial charge in [-0.3, -0.25) is 9.78 Å². The summed E-state index contributed by atoms with van der Waals surface area (Å²) in [6.07, 6.45) is 11.4. The van der Waals surface area contributed by atoms with Gasteiger partial charge in [0.05, 0.1) is 0 Å². The van der Waals surface area contributed by atoms with Crippen LogP contribution in [-0.2, 0) is 11.2 Å². The quantitative estimate of drug-likeness (QED) is 0.618. The highest BCUT2D eigenvalue weighted by molar-refractivity contribution is 5.91. The van der Waals surface area contributed by atoms with Crippen molar-refractivity contribution in [3.05, 3.63) is 78.1 Å². The summed E-state index contributed by atoms with van der Waals surface area (Å²) in [5.74, 6) is 1.92. The molecule has 0 spiro atoms. The lowest BCUT2D eigenvalue weighted by atomic mass is 9.93. The van der Waals surface area contributed by atoms with Gasteiger partial charge in [0, 0.05) is 49.0 Å². The third kappa shape index (κ3) is 5.94. The SMILES string of the molecule is Cc1cccc(Nc2cc(CC3CCCN(C(=O)/C=C/c4cccnc4)C3)ncn2)n1. The molecule has 3 aromatic heterocycles. The normalized spacial score (nSPS) is 16.4. The molecule has 0 bridgehead atoms. The number of anilines is 2. The van der Waals surface area contributed by atoms with Crippen LogP contribution in [0.2, 0.25) is 0 Å². The molecule has 1 aliphatic heterocycles. The topological polar surface area (TPSA) is 83.9 Å². The molecule has 1 unspecified atom stereocenters. The number of aromatic nitrogens is 4. The second-order valence-electron chi connectivity index (χ2n) is 7.80. The molecule has 0 aliphatic carbocycles. The smallest absolute Gasteiger partial charge is 0.246 e. The summed E-state index contributed by atoms with van der Waals surface area (Å²) in [6, 6.07) is 11.6. The molecule has 0 aromatic carbocycles. The largest absolute Gasteiger partial charge is 0.339 e. The van der Waals surface area contributed by atoms with E-state index in [2.05, 4.69) is 25.3 Å². The number of rotatable bonds is 6. The minimum atomic E-state index is 0.0455. The number of aryl methyl sites for hydroxylation is 1. The number of hydrogen-bond acceptors (Lipinski definition) is 6. The summed E-state index contributed by atoms with van der Waals surface area (Å²) in [7, 11) is 0. The first-order valence-corrected chi connectivity index (χ1v) is 10.5. The number of nitrogens with one attached hydrogen (secondary N) is 1. The van der Waals surface area contributed by atoms with Crippen LogP contribution in [0.25, 0.3) is 6.08 Å². The zero-order valence-corrected chi connectivity index (χ0v) is 17.6. The Morgan fingerprint density at radius 1 is 1.23 bits per heavy atom. The predicted molar refractivity (Wildman–Crippen MR) is 121 cm³/mol. The molecule has 1 fully saturated rings. The molecular formula is C24H26N6O. The zero-order valence-electron chi connectivity index (χ0n) is 17.6. The molecule has 3 aromatic rings. The number of carbonyl (C=O) groups is 1. The summed E-state index contributed by atoms with van der Waals surface area (Å²) >= 11 is 0. The Kier molecular flexibility index (Phi) is 6.62. The summed E-state index contributed by atoms with van der Waals surface area (Å²) in [5, 5.41) is 3.24. The van der Waals surface area contributed by atoms with Crippen molar-refractivity contribution < 1.29 is 4.79 Å². The molecular weight excluding hydrogens is 388 g/mol. The molecule has 1 atom stereocenters. The number of piperidine rings is 1. The van der Waals surface area contributed by atoms with Crippen molar-refractivity contribution in [2.45, 2.75) is 26.2 Å². The Hall–Kier alpha value is -3.61. The highest BCUT2D eigenvalue weighted by Crippen LogP contribution is 2.22. The van der Waals surface area contributed by atoms with E-state index in [-0.39, 0.29) is 5.91 Å². The van der Waals surface area contributed by atoms with Crippen molar-refractivity contribution in [1.29, 1.82) is 0 Å². The third-order valence-electron chi connectivity index (χ3n) is 5.30. The molecule has 4 heterocycles. The van der Waals surface area contributed by atoms with E-state index in [1.54, 1.807) is 24.8 Å². The van der Waals surface area contributed by atoms with E-state index < -0.39 is 0 Å². The minimum Gasteiger partial charge on any atom is -0.339 e. The molecule has 7 heteroatoms. The maximum Gasteiger partial charge on any atom is 0.246 e. The van der Waals surface area contributed by atoms with Gasteiger partial charge >= 0.3 is 0 Å². The van der Waals surface area contributed by atoms with E-state index in [1.807, 2.05) is 54.3 Å². The van der Waals surface area contributed by atoms with E-state index in [1.165, 1.54) is 0 Å². The standard InChI is InChI=1S/C24H26N6O/c1-18-5-2-8-22(28-18)29-23-14-21(26-17-27-23)13-20-7-4-12-30(16-20)24(31)10-9-19-6-3-11-25-15-19/h2-3,5-6,8-11,14-15,17,20H,4,7,12-13,16H2,1H3,(H,26,27,28,29)/b10-9+. The first-order chi connectivity index (χ1) is 15.2. The summed E-state index contributed by atoms with van der Waals surface area (Å²) < 4.78 is 0. The Morgan fingerprint density at radius 2 is 2.16 bits per heavy atom. The van der Waals surface area contributed by atoms with E-state index in [9.17, 15) is 4.79 Å². The van der Waals surface area contributed by atoms with Crippen molar-refractivity contribution >= 4 is 23.6 Å². The highest BCUT2D eigenvalue weighted by Gasteiger charge is 2.23. The maximum absolute atomic E-state index is 12.6. The summed E-state index contributed by atoms with van der Waals surface area (Å²) in [4.78, 5) is 31.8. The third-order valence-corrected chi connectivity index (χ3v) is 5.30. The average Bonchev–Trinajstić information content (AvgIpc) is 2.79. The van der Waals surface area contributed by atoms with Gasteiger partial charge in [0.1, 0.15) is 18.0 Å². The molecule has 31 heavy (non-hydrogen) atoms. The fourth-order valence-corrected chi connectivity index (χ4v) is 3.80. The molecule has 1 saturated heterocycles. The van der Waals surface area contributed by atoms with Crippen molar-refractivity contribution in [2.24, 2.45) is 5.92 Å². The molecule has 158 valence electrons. The zero-order chi connectivity index (χ0) is 21.5. The van der Waals surface area contributed by atoms with Crippen molar-refractivity contribution in [2.75, 3.05) is 18.4 Å². The molecule has 0 saturated carbocycles. The van der Waals surface area contributed by atoms with Gasteiger partial charge < -0.3 is 10.2 Å². The molecule has 0 radical (unpaired) electrons. The second-order valence-corrected chi connectivity index (χ2v) is 7.80.